The molecule has 0 aliphatic heterocycles. The van der Waals surface area contributed by atoms with Gasteiger partial charge >= 0.3 is 5.97 Å². The van der Waals surface area contributed by atoms with E-state index in [0.717, 1.165) is 0 Å². The molecule has 0 aliphatic carbocycles. The van der Waals surface area contributed by atoms with E-state index >= 15 is 0 Å². The number of rotatable bonds is 4. The van der Waals surface area contributed by atoms with Crippen LogP contribution in [-0.2, 0) is 4.79 Å². The summed E-state index contributed by atoms with van der Waals surface area (Å²) in [6.07, 6.45) is 0. The second kappa shape index (κ2) is 4.55. The summed E-state index contributed by atoms with van der Waals surface area (Å²) in [7, 11) is 0. The largest absolute Gasteiger partial charge is 0.480 e. The smallest absolute Gasteiger partial charge is 0.323 e. The Morgan fingerprint density at radius 2 is 2.33 bits per heavy atom. The van der Waals surface area contributed by atoms with Gasteiger partial charge in [-0.2, -0.15) is 0 Å². The molecule has 0 bridgehead atoms. The first-order chi connectivity index (χ1) is 4.22. The van der Waals surface area contributed by atoms with Gasteiger partial charge in [0.1, 0.15) is 6.04 Å². The Balaban J connectivity index is 3.54. The zero-order valence-electron chi connectivity index (χ0n) is 4.67. The van der Waals surface area contributed by atoms with Crippen LogP contribution in [0, 0.1) is 0 Å². The molecule has 0 amide bonds. The molecule has 0 aromatic rings. The second-order valence-corrected chi connectivity index (χ2v) is 1.68. The molecule has 0 rings (SSSR count). The molecule has 0 radical (unpaired) electrons. The van der Waals surface area contributed by atoms with Crippen LogP contribution >= 0.6 is 11.6 Å². The van der Waals surface area contributed by atoms with E-state index in [1.807, 2.05) is 0 Å². The monoisotopic (exact) mass is 153 g/mol. The van der Waals surface area contributed by atoms with Crippen LogP contribution in [0.15, 0.2) is 0 Å². The average Bonchev–Trinajstić information content (AvgIpc) is 1.82. The Bertz CT molecular complexity index is 97.8. The fraction of sp³-hybridized carbons (Fsp3) is 0.750. The van der Waals surface area contributed by atoms with Gasteiger partial charge in [0.25, 0.3) is 0 Å². The van der Waals surface area contributed by atoms with Crippen LogP contribution in [0.3, 0.4) is 0 Å². The number of nitrogens with one attached hydrogen (secondary N) is 1. The van der Waals surface area contributed by atoms with E-state index < -0.39 is 18.6 Å². The molecule has 0 aliphatic rings. The first-order valence-corrected chi connectivity index (χ1v) is 2.88. The number of carboxylic acids is 1. The minimum Gasteiger partial charge on any atom is -0.480 e. The first-order valence-electron chi connectivity index (χ1n) is 2.35. The fourth-order valence-corrected chi connectivity index (χ4v) is 0.509. The van der Waals surface area contributed by atoms with E-state index in [1.54, 1.807) is 0 Å². The molecule has 54 valence electrons. The van der Waals surface area contributed by atoms with Gasteiger partial charge in [0, 0.05) is 0 Å². The molecule has 5 heteroatoms. The highest BCUT2D eigenvalue weighted by Crippen LogP contribution is 1.81. The van der Waals surface area contributed by atoms with E-state index in [-0.39, 0.29) is 6.00 Å². The van der Waals surface area contributed by atoms with Crippen LogP contribution in [0.4, 0.5) is 0 Å². The molecule has 3 N–H and O–H groups in total. The van der Waals surface area contributed by atoms with Crippen LogP contribution in [-0.4, -0.2) is 34.8 Å². The number of hydrogen-bond acceptors (Lipinski definition) is 3. The topological polar surface area (TPSA) is 69.6 Å². The van der Waals surface area contributed by atoms with E-state index in [9.17, 15) is 4.79 Å². The van der Waals surface area contributed by atoms with Crippen LogP contribution in [0.1, 0.15) is 0 Å². The van der Waals surface area contributed by atoms with Crippen LogP contribution in [0.2, 0.25) is 0 Å². The lowest BCUT2D eigenvalue weighted by molar-refractivity contribution is -0.140. The summed E-state index contributed by atoms with van der Waals surface area (Å²) in [4.78, 5) is 10.0. The van der Waals surface area contributed by atoms with Crippen molar-refractivity contribution in [3.05, 3.63) is 0 Å². The van der Waals surface area contributed by atoms with Gasteiger partial charge in [-0.25, -0.2) is 0 Å². The summed E-state index contributed by atoms with van der Waals surface area (Å²) >= 11 is 5.13. The standard InChI is InChI=1S/C4H8ClNO3/c5-2-6-3(1-7)4(8)9/h3,6-7H,1-2H2,(H,8,9)/t3-/m0/s1. The molecular weight excluding hydrogens is 146 g/mol. The normalized spacial score (nSPS) is 13.1. The number of aliphatic carboxylic acids is 1. The molecule has 0 unspecified atom stereocenters. The van der Waals surface area contributed by atoms with Gasteiger partial charge in [0.2, 0.25) is 0 Å². The Labute approximate surface area is 57.4 Å². The van der Waals surface area contributed by atoms with Crippen molar-refractivity contribution in [3.8, 4) is 0 Å². The lowest BCUT2D eigenvalue weighted by Gasteiger charge is -2.06. The maximum absolute atomic E-state index is 10.0. The number of alkyl halides is 1. The number of hydrogen-bond donors (Lipinski definition) is 3. The third kappa shape index (κ3) is 3.29. The summed E-state index contributed by atoms with van der Waals surface area (Å²) in [6, 6.07) is -0.917. The minimum atomic E-state index is -1.10. The predicted octanol–water partition coefficient (Wildman–Crippen LogP) is -0.782. The summed E-state index contributed by atoms with van der Waals surface area (Å²) < 4.78 is 0. The number of halogens is 1. The maximum atomic E-state index is 10.0. The van der Waals surface area contributed by atoms with Gasteiger partial charge < -0.3 is 10.2 Å². The Morgan fingerprint density at radius 3 is 2.44 bits per heavy atom. The number of aliphatic hydroxyl groups is 1. The van der Waals surface area contributed by atoms with Crippen molar-refractivity contribution >= 4 is 17.6 Å². The van der Waals surface area contributed by atoms with Crippen molar-refractivity contribution in [1.29, 1.82) is 0 Å². The molecule has 0 heterocycles. The molecule has 0 aromatic carbocycles. The molecule has 0 saturated heterocycles. The van der Waals surface area contributed by atoms with E-state index in [2.05, 4.69) is 5.32 Å². The number of aliphatic hydroxyl groups excluding tert-OH is 1. The molecule has 9 heavy (non-hydrogen) atoms. The summed E-state index contributed by atoms with van der Waals surface area (Å²) in [5.41, 5.74) is 0. The summed E-state index contributed by atoms with van der Waals surface area (Å²) in [5, 5.41) is 18.9. The Morgan fingerprint density at radius 1 is 1.78 bits per heavy atom. The molecule has 4 nitrogen and oxygen atoms in total. The summed E-state index contributed by atoms with van der Waals surface area (Å²) in [5.74, 6) is -1.10. The van der Waals surface area contributed by atoms with Gasteiger partial charge in [-0.05, 0) is 0 Å². The quantitative estimate of drug-likeness (QED) is 0.366. The molecule has 0 fully saturated rings. The Hall–Kier alpha value is -0.320. The van der Waals surface area contributed by atoms with Crippen LogP contribution < -0.4 is 5.32 Å². The van der Waals surface area contributed by atoms with E-state index in [4.69, 9.17) is 21.8 Å². The maximum Gasteiger partial charge on any atom is 0.323 e. The third-order valence-corrected chi connectivity index (χ3v) is 0.959. The van der Waals surface area contributed by atoms with Crippen molar-refractivity contribution in [3.63, 3.8) is 0 Å². The van der Waals surface area contributed by atoms with Gasteiger partial charge in [-0.3, -0.25) is 10.1 Å². The van der Waals surface area contributed by atoms with Crippen molar-refractivity contribution in [2.45, 2.75) is 6.04 Å². The fourth-order valence-electron chi connectivity index (χ4n) is 0.323. The lowest BCUT2D eigenvalue weighted by atomic mass is 10.3. The molecule has 0 aromatic heterocycles. The predicted molar refractivity (Wildman–Crippen MR) is 32.4 cm³/mol. The van der Waals surface area contributed by atoms with Crippen molar-refractivity contribution in [1.82, 2.24) is 5.32 Å². The highest BCUT2D eigenvalue weighted by atomic mass is 35.5. The average molecular weight is 154 g/mol. The SMILES string of the molecule is O=C(O)[C@H](CO)NCCl. The van der Waals surface area contributed by atoms with Crippen molar-refractivity contribution < 1.29 is 15.0 Å². The van der Waals surface area contributed by atoms with Crippen molar-refractivity contribution in [2.75, 3.05) is 12.6 Å². The molecule has 1 atom stereocenters. The molecule has 0 spiro atoms. The highest BCUT2D eigenvalue weighted by Gasteiger charge is 2.13. The molecule has 0 saturated carbocycles. The van der Waals surface area contributed by atoms with E-state index in [1.165, 1.54) is 0 Å². The molecular formula is C4H8ClNO3. The van der Waals surface area contributed by atoms with E-state index in [0.29, 0.717) is 0 Å². The van der Waals surface area contributed by atoms with Gasteiger partial charge in [0.15, 0.2) is 0 Å². The van der Waals surface area contributed by atoms with Crippen LogP contribution in [0.25, 0.3) is 0 Å². The third-order valence-electron chi connectivity index (χ3n) is 0.804. The van der Waals surface area contributed by atoms with Gasteiger partial charge in [-0.15, -0.1) is 11.6 Å². The highest BCUT2D eigenvalue weighted by molar-refractivity contribution is 6.17. The first kappa shape index (κ1) is 8.68. The zero-order valence-corrected chi connectivity index (χ0v) is 5.43. The number of carbonyl (C=O) groups is 1. The zero-order chi connectivity index (χ0) is 7.28. The van der Waals surface area contributed by atoms with Crippen LogP contribution in [0.5, 0.6) is 0 Å². The van der Waals surface area contributed by atoms with Crippen molar-refractivity contribution in [2.24, 2.45) is 0 Å². The second-order valence-electron chi connectivity index (χ2n) is 1.41. The van der Waals surface area contributed by atoms with Gasteiger partial charge in [-0.1, -0.05) is 0 Å². The Kier molecular flexibility index (Phi) is 4.39. The number of carboxylic acid groups (broad SMARTS) is 1. The minimum absolute atomic E-state index is 0.0253. The summed E-state index contributed by atoms with van der Waals surface area (Å²) in [6.45, 7) is -0.442. The lowest BCUT2D eigenvalue weighted by Crippen LogP contribution is -2.38. The van der Waals surface area contributed by atoms with Gasteiger partial charge in [0.05, 0.1) is 12.6 Å².